The number of hydrogen-bond acceptors (Lipinski definition) is 2. The molecule has 0 fully saturated rings. The summed E-state index contributed by atoms with van der Waals surface area (Å²) in [6, 6.07) is 0. The van der Waals surface area contributed by atoms with E-state index in [0.717, 1.165) is 30.5 Å². The van der Waals surface area contributed by atoms with Crippen LogP contribution in [0.25, 0.3) is 0 Å². The van der Waals surface area contributed by atoms with Gasteiger partial charge in [0.1, 0.15) is 0 Å². The highest BCUT2D eigenvalue weighted by molar-refractivity contribution is 5.16. The van der Waals surface area contributed by atoms with Crippen LogP contribution < -0.4 is 5.56 Å². The molecule has 1 heterocycles. The molecule has 0 aliphatic carbocycles. The SMILES string of the molecule is CCCc1c(CC(C)C)nc[nH]c1=O. The Balaban J connectivity index is 3.01. The molecule has 0 amide bonds. The Labute approximate surface area is 84.6 Å². The van der Waals surface area contributed by atoms with Crippen molar-refractivity contribution < 1.29 is 0 Å². The van der Waals surface area contributed by atoms with Crippen LogP contribution in [0.3, 0.4) is 0 Å². The molecule has 0 radical (unpaired) electrons. The number of aromatic nitrogens is 2. The third kappa shape index (κ3) is 2.69. The van der Waals surface area contributed by atoms with E-state index in [1.54, 1.807) is 0 Å². The summed E-state index contributed by atoms with van der Waals surface area (Å²) in [4.78, 5) is 18.4. The van der Waals surface area contributed by atoms with Crippen molar-refractivity contribution in [1.29, 1.82) is 0 Å². The van der Waals surface area contributed by atoms with Gasteiger partial charge in [0, 0.05) is 5.56 Å². The third-order valence-corrected chi connectivity index (χ3v) is 2.14. The van der Waals surface area contributed by atoms with E-state index < -0.39 is 0 Å². The summed E-state index contributed by atoms with van der Waals surface area (Å²) in [5.74, 6) is 0.542. The first-order chi connectivity index (χ1) is 6.65. The lowest BCUT2D eigenvalue weighted by molar-refractivity contribution is 0.624. The minimum absolute atomic E-state index is 0.0255. The zero-order chi connectivity index (χ0) is 10.6. The smallest absolute Gasteiger partial charge is 0.254 e. The molecule has 1 aromatic heterocycles. The van der Waals surface area contributed by atoms with Gasteiger partial charge >= 0.3 is 0 Å². The van der Waals surface area contributed by atoms with E-state index in [9.17, 15) is 4.79 Å². The maximum atomic E-state index is 11.5. The second-order valence-electron chi connectivity index (χ2n) is 4.00. The Bertz CT molecular complexity index is 341. The topological polar surface area (TPSA) is 45.8 Å². The highest BCUT2D eigenvalue weighted by atomic mass is 16.1. The van der Waals surface area contributed by atoms with Crippen molar-refractivity contribution in [2.75, 3.05) is 0 Å². The van der Waals surface area contributed by atoms with Gasteiger partial charge in [-0.2, -0.15) is 0 Å². The average Bonchev–Trinajstić information content (AvgIpc) is 2.10. The van der Waals surface area contributed by atoms with Gasteiger partial charge in [0.05, 0.1) is 12.0 Å². The van der Waals surface area contributed by atoms with E-state index >= 15 is 0 Å². The quantitative estimate of drug-likeness (QED) is 0.796. The van der Waals surface area contributed by atoms with Gasteiger partial charge < -0.3 is 4.98 Å². The fourth-order valence-electron chi connectivity index (χ4n) is 1.54. The molecule has 0 aliphatic rings. The lowest BCUT2D eigenvalue weighted by Gasteiger charge is -2.08. The Morgan fingerprint density at radius 1 is 1.50 bits per heavy atom. The predicted octanol–water partition coefficient (Wildman–Crippen LogP) is 1.92. The second-order valence-corrected chi connectivity index (χ2v) is 4.00. The average molecular weight is 194 g/mol. The van der Waals surface area contributed by atoms with E-state index in [1.165, 1.54) is 6.33 Å². The largest absolute Gasteiger partial charge is 0.313 e. The lowest BCUT2D eigenvalue weighted by atomic mass is 10.0. The van der Waals surface area contributed by atoms with Crippen LogP contribution in [0.4, 0.5) is 0 Å². The van der Waals surface area contributed by atoms with E-state index in [-0.39, 0.29) is 5.56 Å². The minimum atomic E-state index is 0.0255. The number of H-pyrrole nitrogens is 1. The van der Waals surface area contributed by atoms with Crippen molar-refractivity contribution in [3.05, 3.63) is 27.9 Å². The number of aromatic amines is 1. The third-order valence-electron chi connectivity index (χ3n) is 2.14. The summed E-state index contributed by atoms with van der Waals surface area (Å²) in [6.07, 6.45) is 4.20. The van der Waals surface area contributed by atoms with Gasteiger partial charge in [0.2, 0.25) is 0 Å². The van der Waals surface area contributed by atoms with Gasteiger partial charge in [-0.25, -0.2) is 4.98 Å². The summed E-state index contributed by atoms with van der Waals surface area (Å²) in [5, 5.41) is 0. The molecule has 1 N–H and O–H groups in total. The molecule has 14 heavy (non-hydrogen) atoms. The molecule has 0 saturated carbocycles. The number of rotatable bonds is 4. The molecular weight excluding hydrogens is 176 g/mol. The first-order valence-electron chi connectivity index (χ1n) is 5.20. The summed E-state index contributed by atoms with van der Waals surface area (Å²) >= 11 is 0. The van der Waals surface area contributed by atoms with Crippen molar-refractivity contribution in [2.45, 2.75) is 40.0 Å². The molecule has 3 nitrogen and oxygen atoms in total. The molecule has 1 rings (SSSR count). The molecule has 3 heteroatoms. The van der Waals surface area contributed by atoms with Gasteiger partial charge in [-0.1, -0.05) is 27.2 Å². The van der Waals surface area contributed by atoms with Crippen LogP contribution in [0.1, 0.15) is 38.4 Å². The number of nitrogens with zero attached hydrogens (tertiary/aromatic N) is 1. The van der Waals surface area contributed by atoms with Crippen LogP contribution in [-0.2, 0) is 12.8 Å². The molecule has 0 bridgehead atoms. The standard InChI is InChI=1S/C11H18N2O/c1-4-5-9-10(6-8(2)3)12-7-13-11(9)14/h7-8H,4-6H2,1-3H3,(H,12,13,14). The van der Waals surface area contributed by atoms with Crippen molar-refractivity contribution in [3.8, 4) is 0 Å². The first-order valence-corrected chi connectivity index (χ1v) is 5.20. The monoisotopic (exact) mass is 194 g/mol. The molecular formula is C11H18N2O. The highest BCUT2D eigenvalue weighted by Crippen LogP contribution is 2.08. The van der Waals surface area contributed by atoms with E-state index in [1.807, 2.05) is 0 Å². The Kier molecular flexibility index (Phi) is 3.86. The molecule has 1 aromatic rings. The number of hydrogen-bond donors (Lipinski definition) is 1. The van der Waals surface area contributed by atoms with Crippen LogP contribution in [0.15, 0.2) is 11.1 Å². The van der Waals surface area contributed by atoms with E-state index in [2.05, 4.69) is 30.7 Å². The van der Waals surface area contributed by atoms with Gasteiger partial charge in [-0.15, -0.1) is 0 Å². The van der Waals surface area contributed by atoms with Crippen LogP contribution in [-0.4, -0.2) is 9.97 Å². The lowest BCUT2D eigenvalue weighted by Crippen LogP contribution is -2.17. The van der Waals surface area contributed by atoms with Gasteiger partial charge in [-0.3, -0.25) is 4.79 Å². The summed E-state index contributed by atoms with van der Waals surface area (Å²) in [5.41, 5.74) is 1.85. The zero-order valence-corrected chi connectivity index (χ0v) is 9.13. The van der Waals surface area contributed by atoms with Crippen LogP contribution in [0.2, 0.25) is 0 Å². The molecule has 0 aromatic carbocycles. The molecule has 0 spiro atoms. The van der Waals surface area contributed by atoms with E-state index in [4.69, 9.17) is 0 Å². The number of nitrogens with one attached hydrogen (secondary N) is 1. The van der Waals surface area contributed by atoms with Gasteiger partial charge in [-0.05, 0) is 18.8 Å². The molecule has 78 valence electrons. The Hall–Kier alpha value is -1.12. The first kappa shape index (κ1) is 11.0. The van der Waals surface area contributed by atoms with Crippen LogP contribution in [0.5, 0.6) is 0 Å². The molecule has 0 aliphatic heterocycles. The maximum absolute atomic E-state index is 11.5. The summed E-state index contributed by atoms with van der Waals surface area (Å²) < 4.78 is 0. The zero-order valence-electron chi connectivity index (χ0n) is 9.13. The van der Waals surface area contributed by atoms with Crippen molar-refractivity contribution in [1.82, 2.24) is 9.97 Å². The van der Waals surface area contributed by atoms with Crippen molar-refractivity contribution in [3.63, 3.8) is 0 Å². The summed E-state index contributed by atoms with van der Waals surface area (Å²) in [7, 11) is 0. The van der Waals surface area contributed by atoms with Gasteiger partial charge in [0.25, 0.3) is 5.56 Å². The second kappa shape index (κ2) is 4.94. The fraction of sp³-hybridized carbons (Fsp3) is 0.636. The van der Waals surface area contributed by atoms with Crippen LogP contribution in [0, 0.1) is 5.92 Å². The Morgan fingerprint density at radius 2 is 2.21 bits per heavy atom. The molecule has 0 unspecified atom stereocenters. The molecule has 0 atom stereocenters. The van der Waals surface area contributed by atoms with Crippen LogP contribution >= 0.6 is 0 Å². The van der Waals surface area contributed by atoms with E-state index in [0.29, 0.717) is 5.92 Å². The fourth-order valence-corrected chi connectivity index (χ4v) is 1.54. The highest BCUT2D eigenvalue weighted by Gasteiger charge is 2.08. The predicted molar refractivity (Wildman–Crippen MR) is 57.4 cm³/mol. The Morgan fingerprint density at radius 3 is 2.79 bits per heavy atom. The summed E-state index contributed by atoms with van der Waals surface area (Å²) in [6.45, 7) is 6.35. The van der Waals surface area contributed by atoms with Crippen molar-refractivity contribution in [2.24, 2.45) is 5.92 Å². The van der Waals surface area contributed by atoms with Crippen molar-refractivity contribution >= 4 is 0 Å². The normalized spacial score (nSPS) is 10.9. The maximum Gasteiger partial charge on any atom is 0.254 e. The minimum Gasteiger partial charge on any atom is -0.313 e. The molecule has 0 saturated heterocycles. The van der Waals surface area contributed by atoms with Gasteiger partial charge in [0.15, 0.2) is 0 Å².